The standard InChI is InChI=1S/C13H7BrF6N2O2S/c1-6-21-10(12(15,16)17)9(25-6)11(23)22(14)7-2-4-8(5-3-7)24-13(18,19)20/h2-5H,1H3. The minimum Gasteiger partial charge on any atom is -0.406 e. The minimum absolute atomic E-state index is 0.0127. The summed E-state index contributed by atoms with van der Waals surface area (Å²) in [5, 5.41) is 0.0468. The van der Waals surface area contributed by atoms with Gasteiger partial charge < -0.3 is 4.74 Å². The van der Waals surface area contributed by atoms with E-state index in [-0.39, 0.29) is 10.7 Å². The molecule has 12 heteroatoms. The molecule has 0 aliphatic heterocycles. The van der Waals surface area contributed by atoms with E-state index in [4.69, 9.17) is 0 Å². The number of carbonyl (C=O) groups is 1. The fourth-order valence-corrected chi connectivity index (χ4v) is 3.15. The molecule has 0 spiro atoms. The van der Waals surface area contributed by atoms with E-state index >= 15 is 0 Å². The number of aryl methyl sites for hydroxylation is 1. The van der Waals surface area contributed by atoms with E-state index in [1.54, 1.807) is 0 Å². The second kappa shape index (κ2) is 6.83. The van der Waals surface area contributed by atoms with Crippen LogP contribution < -0.4 is 8.66 Å². The number of halogens is 7. The molecule has 0 aliphatic rings. The van der Waals surface area contributed by atoms with Crippen molar-refractivity contribution in [3.8, 4) is 5.75 Å². The molecule has 0 N–H and O–H groups in total. The monoisotopic (exact) mass is 448 g/mol. The van der Waals surface area contributed by atoms with Gasteiger partial charge in [0.25, 0.3) is 5.91 Å². The first-order valence-electron chi connectivity index (χ1n) is 6.29. The number of benzene rings is 1. The quantitative estimate of drug-likeness (QED) is 0.471. The van der Waals surface area contributed by atoms with Crippen LogP contribution in [0.1, 0.15) is 20.4 Å². The molecule has 4 nitrogen and oxygen atoms in total. The fraction of sp³-hybridized carbons (Fsp3) is 0.231. The lowest BCUT2D eigenvalue weighted by Gasteiger charge is -2.16. The van der Waals surface area contributed by atoms with Gasteiger partial charge in [0.15, 0.2) is 5.69 Å². The average molecular weight is 449 g/mol. The second-order valence-electron chi connectivity index (χ2n) is 4.54. The molecule has 1 amide bonds. The van der Waals surface area contributed by atoms with Crippen molar-refractivity contribution in [2.75, 3.05) is 3.93 Å². The maximum atomic E-state index is 12.9. The van der Waals surface area contributed by atoms with Gasteiger partial charge in [0.1, 0.15) is 10.6 Å². The third-order valence-corrected chi connectivity index (χ3v) is 4.36. The summed E-state index contributed by atoms with van der Waals surface area (Å²) in [5.74, 6) is -1.59. The number of nitrogens with zero attached hydrogens (tertiary/aromatic N) is 2. The van der Waals surface area contributed by atoms with Gasteiger partial charge in [0.2, 0.25) is 0 Å². The highest BCUT2D eigenvalue weighted by molar-refractivity contribution is 9.10. The summed E-state index contributed by atoms with van der Waals surface area (Å²) in [5.41, 5.74) is -1.31. The first-order chi connectivity index (χ1) is 11.4. The van der Waals surface area contributed by atoms with Crippen molar-refractivity contribution in [3.63, 3.8) is 0 Å². The molecule has 0 fully saturated rings. The summed E-state index contributed by atoms with van der Waals surface area (Å²) in [4.78, 5) is 15.0. The molecule has 0 bridgehead atoms. The summed E-state index contributed by atoms with van der Waals surface area (Å²) in [6, 6.07) is 4.00. The smallest absolute Gasteiger partial charge is 0.406 e. The molecule has 25 heavy (non-hydrogen) atoms. The maximum absolute atomic E-state index is 12.9. The number of thiazole rings is 1. The van der Waals surface area contributed by atoms with Crippen molar-refractivity contribution in [2.24, 2.45) is 0 Å². The molecule has 2 rings (SSSR count). The second-order valence-corrected chi connectivity index (χ2v) is 6.45. The van der Waals surface area contributed by atoms with Crippen LogP contribution in [0.2, 0.25) is 0 Å². The van der Waals surface area contributed by atoms with Gasteiger partial charge in [-0.2, -0.15) is 13.2 Å². The summed E-state index contributed by atoms with van der Waals surface area (Å²) >= 11 is 3.37. The molecule has 0 radical (unpaired) electrons. The highest BCUT2D eigenvalue weighted by Gasteiger charge is 2.40. The van der Waals surface area contributed by atoms with Crippen LogP contribution in [0.4, 0.5) is 32.0 Å². The van der Waals surface area contributed by atoms with Gasteiger partial charge in [-0.1, -0.05) is 0 Å². The first kappa shape index (κ1) is 19.5. The Balaban J connectivity index is 2.26. The van der Waals surface area contributed by atoms with Gasteiger partial charge >= 0.3 is 12.5 Å². The molecule has 2 aromatic rings. The van der Waals surface area contributed by atoms with E-state index in [0.717, 1.165) is 24.3 Å². The fourth-order valence-electron chi connectivity index (χ4n) is 1.75. The van der Waals surface area contributed by atoms with Gasteiger partial charge in [-0.15, -0.1) is 24.5 Å². The Hall–Kier alpha value is -1.82. The number of carbonyl (C=O) groups excluding carboxylic acids is 1. The lowest BCUT2D eigenvalue weighted by Crippen LogP contribution is -2.22. The Morgan fingerprint density at radius 2 is 1.72 bits per heavy atom. The zero-order valence-electron chi connectivity index (χ0n) is 12.1. The number of hydrogen-bond acceptors (Lipinski definition) is 4. The Labute approximate surface area is 149 Å². The molecule has 136 valence electrons. The molecule has 1 heterocycles. The van der Waals surface area contributed by atoms with Crippen molar-refractivity contribution in [2.45, 2.75) is 19.5 Å². The van der Waals surface area contributed by atoms with Crippen LogP contribution in [-0.2, 0) is 6.18 Å². The lowest BCUT2D eigenvalue weighted by molar-refractivity contribution is -0.274. The van der Waals surface area contributed by atoms with Crippen molar-refractivity contribution in [1.82, 2.24) is 4.98 Å². The van der Waals surface area contributed by atoms with Crippen LogP contribution in [0.15, 0.2) is 24.3 Å². The van der Waals surface area contributed by atoms with E-state index in [9.17, 15) is 31.1 Å². The Bertz CT molecular complexity index is 772. The maximum Gasteiger partial charge on any atom is 0.573 e. The number of hydrogen-bond donors (Lipinski definition) is 0. The van der Waals surface area contributed by atoms with Crippen molar-refractivity contribution in [3.05, 3.63) is 39.8 Å². The van der Waals surface area contributed by atoms with E-state index in [2.05, 4.69) is 25.9 Å². The largest absolute Gasteiger partial charge is 0.573 e. The van der Waals surface area contributed by atoms with Gasteiger partial charge in [0.05, 0.1) is 26.8 Å². The van der Waals surface area contributed by atoms with Crippen LogP contribution in [0.5, 0.6) is 5.75 Å². The minimum atomic E-state index is -4.88. The van der Waals surface area contributed by atoms with E-state index in [1.165, 1.54) is 6.92 Å². The van der Waals surface area contributed by atoms with Gasteiger partial charge in [-0.3, -0.25) is 4.79 Å². The van der Waals surface area contributed by atoms with E-state index in [0.29, 0.717) is 15.3 Å². The third kappa shape index (κ3) is 4.84. The molecule has 0 saturated heterocycles. The molecular formula is C13H7BrF6N2O2S. The number of alkyl halides is 6. The van der Waals surface area contributed by atoms with Crippen LogP contribution in [0, 0.1) is 6.92 Å². The lowest BCUT2D eigenvalue weighted by atomic mass is 10.3. The predicted molar refractivity (Wildman–Crippen MR) is 80.7 cm³/mol. The predicted octanol–water partition coefficient (Wildman–Crippen LogP) is 5.33. The van der Waals surface area contributed by atoms with Crippen LogP contribution >= 0.6 is 27.5 Å². The van der Waals surface area contributed by atoms with E-state index in [1.807, 2.05) is 0 Å². The normalized spacial score (nSPS) is 12.2. The summed E-state index contributed by atoms with van der Waals surface area (Å²) < 4.78 is 79.5. The highest BCUT2D eigenvalue weighted by atomic mass is 79.9. The SMILES string of the molecule is Cc1nc(C(F)(F)F)c(C(=O)N(Br)c2ccc(OC(F)(F)F)cc2)s1. The van der Waals surface area contributed by atoms with Gasteiger partial charge in [-0.25, -0.2) is 8.91 Å². The Morgan fingerprint density at radius 3 is 2.20 bits per heavy atom. The first-order valence-corrected chi connectivity index (χ1v) is 7.82. The third-order valence-electron chi connectivity index (χ3n) is 2.67. The topological polar surface area (TPSA) is 42.4 Å². The molecule has 1 aromatic carbocycles. The number of amides is 1. The molecule has 0 unspecified atom stereocenters. The Morgan fingerprint density at radius 1 is 1.16 bits per heavy atom. The van der Waals surface area contributed by atoms with Crippen molar-refractivity contribution >= 4 is 39.1 Å². The molecule has 0 saturated carbocycles. The van der Waals surface area contributed by atoms with Crippen molar-refractivity contribution < 1.29 is 35.9 Å². The van der Waals surface area contributed by atoms with Crippen molar-refractivity contribution in [1.29, 1.82) is 0 Å². The van der Waals surface area contributed by atoms with E-state index < -0.39 is 34.8 Å². The number of ether oxygens (including phenoxy) is 1. The number of aromatic nitrogens is 1. The highest BCUT2D eigenvalue weighted by Crippen LogP contribution is 2.36. The van der Waals surface area contributed by atoms with Crippen LogP contribution in [-0.4, -0.2) is 17.3 Å². The summed E-state index contributed by atoms with van der Waals surface area (Å²) in [7, 11) is 0. The molecule has 0 aliphatic carbocycles. The Kier molecular flexibility index (Phi) is 5.33. The summed E-state index contributed by atoms with van der Waals surface area (Å²) in [6.07, 6.45) is -9.69. The zero-order valence-corrected chi connectivity index (χ0v) is 14.5. The molecule has 0 atom stereocenters. The molecular weight excluding hydrogens is 442 g/mol. The van der Waals surface area contributed by atoms with Crippen LogP contribution in [0.3, 0.4) is 0 Å². The number of rotatable bonds is 3. The summed E-state index contributed by atoms with van der Waals surface area (Å²) in [6.45, 7) is 1.32. The average Bonchev–Trinajstić information content (AvgIpc) is 2.87. The number of anilines is 1. The van der Waals surface area contributed by atoms with Gasteiger partial charge in [-0.05, 0) is 31.2 Å². The van der Waals surface area contributed by atoms with Gasteiger partial charge in [0, 0.05) is 0 Å². The zero-order chi connectivity index (χ0) is 19.0. The van der Waals surface area contributed by atoms with Crippen LogP contribution in [0.25, 0.3) is 0 Å². The molecule has 1 aromatic heterocycles.